The zero-order chi connectivity index (χ0) is 36.3. The van der Waals surface area contributed by atoms with Crippen molar-refractivity contribution in [1.29, 1.82) is 0 Å². The lowest BCUT2D eigenvalue weighted by Crippen LogP contribution is -1.99. The summed E-state index contributed by atoms with van der Waals surface area (Å²) < 4.78 is 7.17. The van der Waals surface area contributed by atoms with Crippen LogP contribution in [-0.4, -0.2) is 13.7 Å². The van der Waals surface area contributed by atoms with E-state index in [1.807, 2.05) is 0 Å². The quantitative estimate of drug-likeness (QED) is 0.165. The summed E-state index contributed by atoms with van der Waals surface area (Å²) in [5.41, 5.74) is 18.1. The number of rotatable bonds is 6. The zero-order valence-electron chi connectivity index (χ0n) is 30.7. The van der Waals surface area contributed by atoms with Crippen molar-refractivity contribution in [1.82, 2.24) is 13.7 Å². The van der Waals surface area contributed by atoms with E-state index < -0.39 is 0 Å². The van der Waals surface area contributed by atoms with E-state index in [1.54, 1.807) is 0 Å². The van der Waals surface area contributed by atoms with Crippen LogP contribution >= 0.6 is 0 Å². The largest absolute Gasteiger partial charge is 0.343 e. The van der Waals surface area contributed by atoms with Gasteiger partial charge in [0, 0.05) is 87.2 Å². The molecule has 10 aromatic rings. The lowest BCUT2D eigenvalue weighted by Gasteiger charge is -2.17. The molecule has 0 spiro atoms. The highest BCUT2D eigenvalue weighted by molar-refractivity contribution is 6.09. The molecule has 0 aliphatic rings. The first-order valence-electron chi connectivity index (χ1n) is 18.6. The predicted octanol–water partition coefficient (Wildman–Crippen LogP) is 13.2. The minimum atomic E-state index is 1.17. The van der Waals surface area contributed by atoms with E-state index in [0.29, 0.717) is 0 Å². The summed E-state index contributed by atoms with van der Waals surface area (Å²) in [6.07, 6.45) is 0. The number of aromatic nitrogens is 3. The van der Waals surface area contributed by atoms with Crippen LogP contribution in [0.4, 0.5) is 0 Å². The van der Waals surface area contributed by atoms with Crippen LogP contribution in [0.15, 0.2) is 182 Å². The van der Waals surface area contributed by atoms with Crippen molar-refractivity contribution in [3.63, 3.8) is 0 Å². The molecule has 0 amide bonds. The molecule has 3 heterocycles. The van der Waals surface area contributed by atoms with Crippen LogP contribution in [0.25, 0.3) is 99.9 Å². The van der Waals surface area contributed by atoms with Crippen molar-refractivity contribution < 1.29 is 0 Å². The molecule has 0 N–H and O–H groups in total. The van der Waals surface area contributed by atoms with Gasteiger partial charge in [-0.15, -0.1) is 0 Å². The first kappa shape index (κ1) is 31.9. The van der Waals surface area contributed by atoms with Crippen LogP contribution in [0, 0.1) is 0 Å². The average Bonchev–Trinajstić information content (AvgIpc) is 3.83. The second-order valence-electron chi connectivity index (χ2n) is 14.3. The van der Waals surface area contributed by atoms with Crippen LogP contribution in [0.2, 0.25) is 0 Å². The molecule has 0 aliphatic heterocycles. The van der Waals surface area contributed by atoms with Crippen LogP contribution in [0.1, 0.15) is 0 Å². The topological polar surface area (TPSA) is 14.8 Å². The van der Waals surface area contributed by atoms with Gasteiger partial charge in [-0.25, -0.2) is 0 Å². The smallest absolute Gasteiger partial charge is 0.0568 e. The maximum atomic E-state index is 2.43. The van der Waals surface area contributed by atoms with E-state index in [9.17, 15) is 0 Å². The second-order valence-corrected chi connectivity index (χ2v) is 14.3. The van der Waals surface area contributed by atoms with Crippen LogP contribution < -0.4 is 0 Å². The monoisotopic (exact) mass is 693 g/mol. The molecule has 0 aliphatic carbocycles. The fourth-order valence-electron chi connectivity index (χ4n) is 8.92. The Bertz CT molecular complexity index is 2660. The standard InChI is InChI=1S/C51H39N3/c1-52-43-28-16-13-25-40(43)46(34-19-7-4-8-20-34)49(52)37-31-38(50-47(35-21-9-5-10-22-35)41-26-14-17-29-44(41)53(50)2)33-39(32-37)51-48(36-23-11-6-12-24-36)42-27-15-18-30-45(42)54(51)3/h4-33H,1-3H3. The van der Waals surface area contributed by atoms with Crippen molar-refractivity contribution in [2.45, 2.75) is 0 Å². The highest BCUT2D eigenvalue weighted by Gasteiger charge is 2.25. The molecule has 0 bridgehead atoms. The van der Waals surface area contributed by atoms with Gasteiger partial charge in [-0.05, 0) is 53.1 Å². The van der Waals surface area contributed by atoms with E-state index in [0.717, 1.165) is 0 Å². The fourth-order valence-corrected chi connectivity index (χ4v) is 8.92. The molecule has 3 heteroatoms. The molecule has 7 aromatic carbocycles. The van der Waals surface area contributed by atoms with Gasteiger partial charge >= 0.3 is 0 Å². The van der Waals surface area contributed by atoms with Crippen molar-refractivity contribution in [2.24, 2.45) is 21.1 Å². The molecule has 10 rings (SSSR count). The van der Waals surface area contributed by atoms with E-state index in [2.05, 4.69) is 217 Å². The van der Waals surface area contributed by atoms with Gasteiger partial charge in [-0.2, -0.15) is 0 Å². The highest BCUT2D eigenvalue weighted by atomic mass is 15.0. The Labute approximate surface area is 315 Å². The molecular weight excluding hydrogens is 655 g/mol. The van der Waals surface area contributed by atoms with E-state index in [4.69, 9.17) is 0 Å². The van der Waals surface area contributed by atoms with E-state index in [1.165, 1.54) is 99.9 Å². The summed E-state index contributed by atoms with van der Waals surface area (Å²) in [5, 5.41) is 3.74. The number of benzene rings is 7. The van der Waals surface area contributed by atoms with Gasteiger partial charge in [0.15, 0.2) is 0 Å². The maximum absolute atomic E-state index is 2.43. The van der Waals surface area contributed by atoms with Gasteiger partial charge in [0.1, 0.15) is 0 Å². The normalized spacial score (nSPS) is 11.6. The molecule has 258 valence electrons. The molecule has 0 unspecified atom stereocenters. The van der Waals surface area contributed by atoms with E-state index >= 15 is 0 Å². The van der Waals surface area contributed by atoms with Gasteiger partial charge in [-0.3, -0.25) is 0 Å². The van der Waals surface area contributed by atoms with Crippen molar-refractivity contribution in [2.75, 3.05) is 0 Å². The highest BCUT2D eigenvalue weighted by Crippen LogP contribution is 2.48. The minimum Gasteiger partial charge on any atom is -0.343 e. The van der Waals surface area contributed by atoms with Crippen LogP contribution in [0.5, 0.6) is 0 Å². The fraction of sp³-hybridized carbons (Fsp3) is 0.0588. The Morgan fingerprint density at radius 1 is 0.259 bits per heavy atom. The number of fused-ring (bicyclic) bond motifs is 3. The number of hydrogen-bond donors (Lipinski definition) is 0. The Balaban J connectivity index is 1.36. The first-order chi connectivity index (χ1) is 26.6. The van der Waals surface area contributed by atoms with Crippen LogP contribution in [0.3, 0.4) is 0 Å². The zero-order valence-corrected chi connectivity index (χ0v) is 30.7. The van der Waals surface area contributed by atoms with Crippen molar-refractivity contribution >= 4 is 32.7 Å². The van der Waals surface area contributed by atoms with Gasteiger partial charge in [0.25, 0.3) is 0 Å². The summed E-state index contributed by atoms with van der Waals surface area (Å²) in [6, 6.07) is 66.3. The third kappa shape index (κ3) is 4.89. The number of hydrogen-bond acceptors (Lipinski definition) is 0. The molecule has 0 atom stereocenters. The van der Waals surface area contributed by atoms with Crippen LogP contribution in [-0.2, 0) is 21.1 Å². The minimum absolute atomic E-state index is 1.17. The predicted molar refractivity (Wildman–Crippen MR) is 228 cm³/mol. The molecule has 0 saturated heterocycles. The lowest BCUT2D eigenvalue weighted by molar-refractivity contribution is 0.970. The molecule has 0 saturated carbocycles. The van der Waals surface area contributed by atoms with Gasteiger partial charge in [0.2, 0.25) is 0 Å². The lowest BCUT2D eigenvalue weighted by atomic mass is 9.91. The molecule has 54 heavy (non-hydrogen) atoms. The summed E-state index contributed by atoms with van der Waals surface area (Å²) in [7, 11) is 6.65. The van der Waals surface area contributed by atoms with Crippen molar-refractivity contribution in [3.05, 3.63) is 182 Å². The molecule has 3 aromatic heterocycles. The third-order valence-electron chi connectivity index (χ3n) is 11.3. The third-order valence-corrected chi connectivity index (χ3v) is 11.3. The Morgan fingerprint density at radius 3 is 0.778 bits per heavy atom. The SMILES string of the molecule is Cn1c(-c2cc(-c3c(-c4ccccc4)c4ccccc4n3C)cc(-c3c(-c4ccccc4)c4ccccc4n3C)c2)c(-c2ccccc2)c2ccccc21. The molecular formula is C51H39N3. The number of aryl methyl sites for hydroxylation is 3. The van der Waals surface area contributed by atoms with E-state index in [-0.39, 0.29) is 0 Å². The Kier molecular flexibility index (Phi) is 7.48. The second kappa shape index (κ2) is 12.7. The molecule has 0 fully saturated rings. The summed E-state index contributed by atoms with van der Waals surface area (Å²) in [4.78, 5) is 0. The van der Waals surface area contributed by atoms with Crippen molar-refractivity contribution in [3.8, 4) is 67.2 Å². The first-order valence-corrected chi connectivity index (χ1v) is 18.6. The Morgan fingerprint density at radius 2 is 0.500 bits per heavy atom. The Hall–Kier alpha value is -6.84. The summed E-state index contributed by atoms with van der Waals surface area (Å²) in [5.74, 6) is 0. The summed E-state index contributed by atoms with van der Waals surface area (Å²) in [6.45, 7) is 0. The molecule has 0 radical (unpaired) electrons. The molecule has 3 nitrogen and oxygen atoms in total. The van der Waals surface area contributed by atoms with Gasteiger partial charge in [0.05, 0.1) is 17.1 Å². The number of nitrogens with zero attached hydrogens (tertiary/aromatic N) is 3. The number of para-hydroxylation sites is 3. The average molecular weight is 694 g/mol. The summed E-state index contributed by atoms with van der Waals surface area (Å²) >= 11 is 0. The van der Waals surface area contributed by atoms with Gasteiger partial charge in [-0.1, -0.05) is 146 Å². The maximum Gasteiger partial charge on any atom is 0.0568 e. The van der Waals surface area contributed by atoms with Gasteiger partial charge < -0.3 is 13.7 Å².